The van der Waals surface area contributed by atoms with Gasteiger partial charge in [-0.1, -0.05) is 44.9 Å². The molecule has 1 aromatic heterocycles. The summed E-state index contributed by atoms with van der Waals surface area (Å²) in [5, 5.41) is 19.8. The second-order valence-electron chi connectivity index (χ2n) is 8.26. The predicted molar refractivity (Wildman–Crippen MR) is 122 cm³/mol. The van der Waals surface area contributed by atoms with Gasteiger partial charge in [0.25, 0.3) is 5.69 Å². The molecule has 10 nitrogen and oxygen atoms in total. The van der Waals surface area contributed by atoms with Crippen LogP contribution < -0.4 is 11.1 Å². The van der Waals surface area contributed by atoms with Crippen molar-refractivity contribution in [2.24, 2.45) is 0 Å². The Labute approximate surface area is 185 Å². The van der Waals surface area contributed by atoms with Crippen molar-refractivity contribution in [3.05, 3.63) is 48.5 Å². The first kappa shape index (κ1) is 25.3. The van der Waals surface area contributed by atoms with Gasteiger partial charge in [-0.15, -0.1) is 0 Å². The molecule has 0 fully saturated rings. The smallest absolute Gasteiger partial charge is 0.314 e. The monoisotopic (exact) mass is 448 g/mol. The molecular weight excluding hydrogens is 416 g/mol. The molecule has 0 aliphatic carbocycles. The number of fused-ring (bicyclic) bond motifs is 1. The molecule has 1 aromatic carbocycles. The molecule has 0 aliphatic rings. The first-order valence-corrected chi connectivity index (χ1v) is 11.1. The van der Waals surface area contributed by atoms with E-state index in [0.29, 0.717) is 17.6 Å². The number of hydrogen-bond donors (Lipinski definition) is 3. The van der Waals surface area contributed by atoms with E-state index in [1.165, 1.54) is 12.1 Å². The van der Waals surface area contributed by atoms with E-state index in [0.717, 1.165) is 64.3 Å². The number of aromatic amines is 2. The van der Waals surface area contributed by atoms with E-state index in [9.17, 15) is 24.5 Å². The number of unbranched alkanes of at least 4 members (excludes halogenated alkanes) is 8. The molecule has 0 radical (unpaired) electrons. The fourth-order valence-corrected chi connectivity index (χ4v) is 3.78. The summed E-state index contributed by atoms with van der Waals surface area (Å²) >= 11 is 0. The van der Waals surface area contributed by atoms with Gasteiger partial charge in [0.1, 0.15) is 0 Å². The van der Waals surface area contributed by atoms with Crippen molar-refractivity contribution in [3.8, 4) is 0 Å². The summed E-state index contributed by atoms with van der Waals surface area (Å²) in [4.78, 5) is 51.5. The maximum absolute atomic E-state index is 11.7. The minimum atomic E-state index is -0.836. The average molecular weight is 449 g/mol. The van der Waals surface area contributed by atoms with Crippen molar-refractivity contribution in [2.45, 2.75) is 70.8 Å². The third kappa shape index (κ3) is 8.26. The van der Waals surface area contributed by atoms with Crippen LogP contribution in [0, 0.1) is 10.1 Å². The molecule has 0 unspecified atom stereocenters. The van der Waals surface area contributed by atoms with Gasteiger partial charge in [0.05, 0.1) is 16.0 Å². The molecule has 0 saturated heterocycles. The highest BCUT2D eigenvalue weighted by Gasteiger charge is 2.15. The number of aliphatic carboxylic acids is 1. The number of aromatic nitrogens is 2. The molecule has 1 heterocycles. The molecule has 0 saturated carbocycles. The number of carbonyl (C=O) groups is 1. The molecule has 3 N–H and O–H groups in total. The fraction of sp³-hybridized carbons (Fsp3) is 0.591. The lowest BCUT2D eigenvalue weighted by atomic mass is 10.1. The molecular formula is C22H32N4O6. The number of carboxylic acid groups (broad SMARTS) is 1. The highest BCUT2D eigenvalue weighted by Crippen LogP contribution is 2.22. The minimum absolute atomic E-state index is 0.133. The molecule has 0 bridgehead atoms. The maximum atomic E-state index is 11.7. The Morgan fingerprint density at radius 1 is 0.969 bits per heavy atom. The number of nitrogens with one attached hydrogen (secondary N) is 2. The predicted octanol–water partition coefficient (Wildman–Crippen LogP) is 3.54. The Hall–Kier alpha value is -3.01. The summed E-state index contributed by atoms with van der Waals surface area (Å²) in [6, 6.07) is 2.69. The van der Waals surface area contributed by atoms with E-state index in [4.69, 9.17) is 5.11 Å². The molecule has 0 atom stereocenters. The second-order valence-corrected chi connectivity index (χ2v) is 8.26. The van der Waals surface area contributed by atoms with Crippen molar-refractivity contribution in [1.29, 1.82) is 0 Å². The number of benzene rings is 1. The summed E-state index contributed by atoms with van der Waals surface area (Å²) < 4.78 is 0. The van der Waals surface area contributed by atoms with Gasteiger partial charge in [0.15, 0.2) is 0 Å². The third-order valence-electron chi connectivity index (χ3n) is 5.48. The van der Waals surface area contributed by atoms with Gasteiger partial charge >= 0.3 is 17.1 Å². The Kier molecular flexibility index (Phi) is 10.1. The number of nitro groups is 1. The van der Waals surface area contributed by atoms with Gasteiger partial charge < -0.3 is 20.0 Å². The van der Waals surface area contributed by atoms with E-state index in [-0.39, 0.29) is 17.6 Å². The normalized spacial score (nSPS) is 11.3. The Balaban J connectivity index is 1.76. The number of nitrogens with zero attached hydrogens (tertiary/aromatic N) is 2. The van der Waals surface area contributed by atoms with Crippen molar-refractivity contribution in [1.82, 2.24) is 14.9 Å². The van der Waals surface area contributed by atoms with Gasteiger partial charge in [-0.2, -0.15) is 0 Å². The summed E-state index contributed by atoms with van der Waals surface area (Å²) in [7, 11) is 1.92. The number of rotatable bonds is 15. The van der Waals surface area contributed by atoms with E-state index in [1.54, 1.807) is 0 Å². The van der Waals surface area contributed by atoms with Crippen LogP contribution in [0.15, 0.2) is 21.7 Å². The molecule has 0 spiro atoms. The van der Waals surface area contributed by atoms with E-state index < -0.39 is 22.0 Å². The van der Waals surface area contributed by atoms with Crippen molar-refractivity contribution >= 4 is 22.7 Å². The Morgan fingerprint density at radius 2 is 1.53 bits per heavy atom. The minimum Gasteiger partial charge on any atom is -0.481 e. The number of hydrogen-bond acceptors (Lipinski definition) is 6. The lowest BCUT2D eigenvalue weighted by molar-refractivity contribution is -0.384. The van der Waals surface area contributed by atoms with E-state index >= 15 is 0 Å². The van der Waals surface area contributed by atoms with Crippen LogP contribution in [0.5, 0.6) is 0 Å². The first-order chi connectivity index (χ1) is 15.3. The van der Waals surface area contributed by atoms with Gasteiger partial charge in [-0.3, -0.25) is 24.5 Å². The topological polar surface area (TPSA) is 149 Å². The lowest BCUT2D eigenvalue weighted by Crippen LogP contribution is -2.29. The van der Waals surface area contributed by atoms with Crippen molar-refractivity contribution in [3.63, 3.8) is 0 Å². The summed E-state index contributed by atoms with van der Waals surface area (Å²) in [5.41, 5.74) is -0.500. The fourth-order valence-electron chi connectivity index (χ4n) is 3.78. The molecule has 2 rings (SSSR count). The maximum Gasteiger partial charge on any atom is 0.314 e. The standard InChI is InChI=1S/C22H32N4O6/c1-25(12-10-8-6-4-2-3-5-7-9-11-19(27)28)15-16-13-17(26(31)32)14-18-20(16)24-22(30)21(29)23-18/h13-14H,2-12,15H2,1H3,(H,23,29)(H,24,30)(H,27,28). The molecule has 10 heteroatoms. The van der Waals surface area contributed by atoms with Gasteiger partial charge in [-0.25, -0.2) is 0 Å². The Morgan fingerprint density at radius 3 is 2.12 bits per heavy atom. The summed E-state index contributed by atoms with van der Waals surface area (Å²) in [6.07, 6.45) is 9.75. The van der Waals surface area contributed by atoms with Gasteiger partial charge in [0.2, 0.25) is 0 Å². The van der Waals surface area contributed by atoms with Crippen molar-refractivity contribution in [2.75, 3.05) is 13.6 Å². The zero-order chi connectivity index (χ0) is 23.5. The zero-order valence-electron chi connectivity index (χ0n) is 18.5. The highest BCUT2D eigenvalue weighted by molar-refractivity contribution is 5.80. The molecule has 0 amide bonds. The third-order valence-corrected chi connectivity index (χ3v) is 5.48. The SMILES string of the molecule is CN(CCCCCCCCCCCC(=O)O)Cc1cc([N+](=O)[O-])cc2[nH]c(=O)c(=O)[nH]c12. The van der Waals surface area contributed by atoms with Crippen LogP contribution in [0.2, 0.25) is 0 Å². The largest absolute Gasteiger partial charge is 0.481 e. The van der Waals surface area contributed by atoms with Crippen LogP contribution in [0.3, 0.4) is 0 Å². The quantitative estimate of drug-likeness (QED) is 0.163. The van der Waals surface area contributed by atoms with Crippen LogP contribution in [0.25, 0.3) is 11.0 Å². The van der Waals surface area contributed by atoms with Crippen LogP contribution in [0.4, 0.5) is 5.69 Å². The van der Waals surface area contributed by atoms with Crippen LogP contribution in [-0.2, 0) is 11.3 Å². The molecule has 2 aromatic rings. The van der Waals surface area contributed by atoms with Gasteiger partial charge in [0, 0.05) is 25.1 Å². The molecule has 32 heavy (non-hydrogen) atoms. The van der Waals surface area contributed by atoms with Crippen LogP contribution >= 0.6 is 0 Å². The lowest BCUT2D eigenvalue weighted by Gasteiger charge is -2.17. The van der Waals surface area contributed by atoms with E-state index in [1.807, 2.05) is 11.9 Å². The van der Waals surface area contributed by atoms with E-state index in [2.05, 4.69) is 9.97 Å². The number of nitro benzene ring substituents is 1. The highest BCUT2D eigenvalue weighted by atomic mass is 16.6. The number of H-pyrrole nitrogens is 2. The van der Waals surface area contributed by atoms with Crippen LogP contribution in [-0.4, -0.2) is 44.5 Å². The van der Waals surface area contributed by atoms with Crippen molar-refractivity contribution < 1.29 is 14.8 Å². The molecule has 176 valence electrons. The van der Waals surface area contributed by atoms with Crippen LogP contribution in [0.1, 0.15) is 69.8 Å². The summed E-state index contributed by atoms with van der Waals surface area (Å²) in [5.74, 6) is -0.725. The summed E-state index contributed by atoms with van der Waals surface area (Å²) in [6.45, 7) is 1.23. The average Bonchev–Trinajstić information content (AvgIpc) is 2.72. The number of non-ortho nitro benzene ring substituents is 1. The zero-order valence-corrected chi connectivity index (χ0v) is 18.5. The van der Waals surface area contributed by atoms with Gasteiger partial charge in [-0.05, 0) is 32.0 Å². The first-order valence-electron chi connectivity index (χ1n) is 11.1. The number of carboxylic acids is 1. The Bertz CT molecular complexity index is 1030. The second kappa shape index (κ2) is 12.7. The molecule has 0 aliphatic heterocycles.